The summed E-state index contributed by atoms with van der Waals surface area (Å²) in [6.45, 7) is 35.5. The van der Waals surface area contributed by atoms with Gasteiger partial charge in [-0.05, 0) is 117 Å². The lowest BCUT2D eigenvalue weighted by molar-refractivity contribution is -0.0798. The summed E-state index contributed by atoms with van der Waals surface area (Å²) in [7, 11) is -3.06. The zero-order chi connectivity index (χ0) is 54.6. The van der Waals surface area contributed by atoms with E-state index in [0.29, 0.717) is 72.3 Å². The molecule has 3 aliphatic rings. The van der Waals surface area contributed by atoms with E-state index in [-0.39, 0.29) is 80.8 Å². The third-order valence-electron chi connectivity index (χ3n) is 17.3. The molecular formula is C58H84F4N6O4Si2. The smallest absolute Gasteiger partial charge is 0.410 e. The van der Waals surface area contributed by atoms with Crippen molar-refractivity contribution in [2.45, 2.75) is 194 Å². The number of alkyl halides is 2. The van der Waals surface area contributed by atoms with Crippen LogP contribution in [0.25, 0.3) is 32.9 Å². The third kappa shape index (κ3) is 10.7. The van der Waals surface area contributed by atoms with Gasteiger partial charge in [0.1, 0.15) is 42.3 Å². The number of hydrogen-bond donors (Lipinski definition) is 0. The van der Waals surface area contributed by atoms with Crippen molar-refractivity contribution in [3.63, 3.8) is 0 Å². The molecule has 1 amide bonds. The highest BCUT2D eigenvalue weighted by atomic mass is 28.4. The number of ether oxygens (including phenoxy) is 2. The Morgan fingerprint density at radius 1 is 0.865 bits per heavy atom. The summed E-state index contributed by atoms with van der Waals surface area (Å²) < 4.78 is 84.7. The van der Waals surface area contributed by atoms with Gasteiger partial charge in [0.25, 0.3) is 8.32 Å². The number of pyridine rings is 1. The first-order valence-electron chi connectivity index (χ1n) is 27.3. The summed E-state index contributed by atoms with van der Waals surface area (Å²) in [5.74, 6) is 2.09. The number of aromatic nitrogens is 3. The number of likely N-dealkylation sites (tertiary alicyclic amines) is 1. The number of fused-ring (bicyclic) bond motifs is 4. The van der Waals surface area contributed by atoms with E-state index < -0.39 is 51.4 Å². The molecule has 0 N–H and O–H groups in total. The van der Waals surface area contributed by atoms with Crippen LogP contribution in [-0.2, 0) is 4.74 Å². The molecule has 2 aromatic carbocycles. The van der Waals surface area contributed by atoms with E-state index in [1.165, 1.54) is 6.07 Å². The highest BCUT2D eigenvalue weighted by Crippen LogP contribution is 2.48. The van der Waals surface area contributed by atoms with Crippen LogP contribution in [0.1, 0.15) is 142 Å². The van der Waals surface area contributed by atoms with E-state index in [4.69, 9.17) is 28.9 Å². The molecule has 3 fully saturated rings. The predicted octanol–water partition coefficient (Wildman–Crippen LogP) is 14.8. The average molecular weight is 1060 g/mol. The number of benzene rings is 2. The number of rotatable bonds is 15. The molecule has 5 heterocycles. The maximum atomic E-state index is 18.5. The summed E-state index contributed by atoms with van der Waals surface area (Å²) in [5.41, 5.74) is 3.95. The fraction of sp³-hybridized carbons (Fsp3) is 0.655. The van der Waals surface area contributed by atoms with Gasteiger partial charge < -0.3 is 23.7 Å². The fourth-order valence-corrected chi connectivity index (χ4v) is 24.2. The molecule has 0 radical (unpaired) electrons. The molecule has 4 atom stereocenters. The standard InChI is InChI=1S/C58H84F4N6O4Si2/c1-18-58(32-66(17)25-23-47(58)53(61)62)33-70-55-64-52-46(54(65-55)67-30-41-20-21-42(31-67)68(41)56(69)71-57(14,15)16)29-63-51(50(52)60)45-28-43(72-74(37(8)9,38(10)11)39(12)13)27-40-19-22-48(59)44(49(40)45)24-26-73(34(2)3,35(4)5)36(6)7/h19,22,27-29,34-39,41-42,47,53H,18,20-21,23,25,30-33H2,1-17H3/t41-,42+,47-,58+/m1/s1. The van der Waals surface area contributed by atoms with Crippen molar-refractivity contribution in [2.75, 3.05) is 44.7 Å². The van der Waals surface area contributed by atoms with Crippen LogP contribution in [-0.4, -0.2) is 111 Å². The van der Waals surface area contributed by atoms with Gasteiger partial charge in [0.2, 0.25) is 6.43 Å². The molecule has 0 aliphatic carbocycles. The molecule has 2 aromatic heterocycles. The zero-order valence-electron chi connectivity index (χ0n) is 47.4. The van der Waals surface area contributed by atoms with Gasteiger partial charge in [0, 0.05) is 48.1 Å². The molecule has 74 heavy (non-hydrogen) atoms. The molecule has 4 aromatic rings. The van der Waals surface area contributed by atoms with Crippen molar-refractivity contribution < 1.29 is 36.3 Å². The first-order chi connectivity index (χ1) is 34.6. The Balaban J connectivity index is 1.48. The quantitative estimate of drug-likeness (QED) is 0.0655. The number of halogens is 4. The number of carbonyl (C=O) groups is 1. The van der Waals surface area contributed by atoms with E-state index in [9.17, 15) is 13.6 Å². The minimum Gasteiger partial charge on any atom is -0.543 e. The van der Waals surface area contributed by atoms with Crippen LogP contribution in [0, 0.1) is 34.4 Å². The number of carbonyl (C=O) groups excluding carboxylic acids is 1. The lowest BCUT2D eigenvalue weighted by atomic mass is 9.69. The molecule has 3 aliphatic heterocycles. The van der Waals surface area contributed by atoms with E-state index in [1.807, 2.05) is 55.5 Å². The molecule has 0 unspecified atom stereocenters. The minimum atomic E-state index is -2.59. The van der Waals surface area contributed by atoms with Crippen LogP contribution in [0.4, 0.5) is 28.2 Å². The SMILES string of the molecule is CC[C@@]1(COc2nc(N3C[C@H]4CC[C@@H](C3)N4C(=O)OC(C)(C)C)c3cnc(-c4cc(O[Si](C(C)C)(C(C)C)C(C)C)cc5ccc(F)c(C#C[Si](C(C)C)(C(C)C)C(C)C)c45)c(F)c3n2)CN(C)CC[C@@H]1C(F)F. The average Bonchev–Trinajstić information content (AvgIpc) is 3.58. The Morgan fingerprint density at radius 2 is 1.47 bits per heavy atom. The van der Waals surface area contributed by atoms with Crippen molar-refractivity contribution in [1.29, 1.82) is 0 Å². The Morgan fingerprint density at radius 3 is 2.01 bits per heavy atom. The van der Waals surface area contributed by atoms with E-state index >= 15 is 8.78 Å². The molecule has 16 heteroatoms. The van der Waals surface area contributed by atoms with Gasteiger partial charge >= 0.3 is 12.1 Å². The van der Waals surface area contributed by atoms with Crippen LogP contribution in [0.15, 0.2) is 30.5 Å². The van der Waals surface area contributed by atoms with Crippen molar-refractivity contribution in [3.05, 3.63) is 47.7 Å². The summed E-state index contributed by atoms with van der Waals surface area (Å²) in [6.07, 6.45) is 0.823. The number of amides is 1. The molecule has 0 saturated carbocycles. The Hall–Kier alpha value is -4.47. The largest absolute Gasteiger partial charge is 0.543 e. The topological polar surface area (TPSA) is 93.2 Å². The zero-order valence-corrected chi connectivity index (χ0v) is 49.4. The predicted molar refractivity (Wildman–Crippen MR) is 297 cm³/mol. The Labute approximate surface area is 441 Å². The van der Waals surface area contributed by atoms with Crippen LogP contribution in [0.3, 0.4) is 0 Å². The Bertz CT molecular complexity index is 2700. The van der Waals surface area contributed by atoms with Crippen LogP contribution in [0.5, 0.6) is 11.8 Å². The lowest BCUT2D eigenvalue weighted by Crippen LogP contribution is -2.57. The fourth-order valence-electron chi connectivity index (χ4n) is 13.8. The molecule has 10 nitrogen and oxygen atoms in total. The van der Waals surface area contributed by atoms with Crippen LogP contribution >= 0.6 is 0 Å². The summed E-state index contributed by atoms with van der Waals surface area (Å²) in [4.78, 5) is 34.2. The van der Waals surface area contributed by atoms with E-state index in [2.05, 4.69) is 94.5 Å². The molecule has 7 rings (SSSR count). The number of hydrogen-bond acceptors (Lipinski definition) is 9. The van der Waals surface area contributed by atoms with E-state index in [1.54, 1.807) is 18.3 Å². The highest BCUT2D eigenvalue weighted by Gasteiger charge is 2.50. The first-order valence-corrected chi connectivity index (χ1v) is 31.7. The second kappa shape index (κ2) is 21.9. The third-order valence-corrected chi connectivity index (χ3v) is 29.6. The molecule has 406 valence electrons. The van der Waals surface area contributed by atoms with Gasteiger partial charge in [-0.2, -0.15) is 9.97 Å². The molecular weight excluding hydrogens is 977 g/mol. The summed E-state index contributed by atoms with van der Waals surface area (Å²) >= 11 is 0. The van der Waals surface area contributed by atoms with Crippen LogP contribution in [0.2, 0.25) is 33.2 Å². The number of piperazine rings is 1. The van der Waals surface area contributed by atoms with Crippen molar-refractivity contribution in [1.82, 2.24) is 24.8 Å². The number of nitrogens with zero attached hydrogens (tertiary/aromatic N) is 6. The van der Waals surface area contributed by atoms with Gasteiger partial charge in [0.05, 0.1) is 29.6 Å². The van der Waals surface area contributed by atoms with Crippen molar-refractivity contribution in [3.8, 4) is 34.5 Å². The summed E-state index contributed by atoms with van der Waals surface area (Å²) in [6, 6.07) is 6.31. The van der Waals surface area contributed by atoms with Crippen molar-refractivity contribution >= 4 is 50.0 Å². The molecule has 0 spiro atoms. The van der Waals surface area contributed by atoms with E-state index in [0.717, 1.165) is 12.8 Å². The van der Waals surface area contributed by atoms with Gasteiger partial charge in [0.15, 0.2) is 5.82 Å². The van der Waals surface area contributed by atoms with Gasteiger partial charge in [-0.3, -0.25) is 9.88 Å². The summed E-state index contributed by atoms with van der Waals surface area (Å²) in [5, 5.41) is 1.37. The highest BCUT2D eigenvalue weighted by molar-refractivity contribution is 6.90. The monoisotopic (exact) mass is 1060 g/mol. The van der Waals surface area contributed by atoms with Gasteiger partial charge in [-0.25, -0.2) is 22.4 Å². The lowest BCUT2D eigenvalue weighted by Gasteiger charge is -2.46. The second-order valence-corrected chi connectivity index (χ2v) is 35.7. The normalized spacial score (nSPS) is 21.1. The maximum absolute atomic E-state index is 18.5. The molecule has 3 saturated heterocycles. The van der Waals surface area contributed by atoms with Crippen molar-refractivity contribution in [2.24, 2.45) is 11.3 Å². The minimum absolute atomic E-state index is 0.0743. The van der Waals surface area contributed by atoms with Gasteiger partial charge in [-0.1, -0.05) is 102 Å². The number of anilines is 1. The maximum Gasteiger partial charge on any atom is 0.410 e. The number of piperidine rings is 1. The molecule has 2 bridgehead atoms. The Kier molecular flexibility index (Phi) is 16.9. The first kappa shape index (κ1) is 57.2. The van der Waals surface area contributed by atoms with Gasteiger partial charge in [-0.15, -0.1) is 5.54 Å². The second-order valence-electron chi connectivity index (χ2n) is 24.7. The van der Waals surface area contributed by atoms with Crippen LogP contribution < -0.4 is 14.1 Å².